The third-order valence-corrected chi connectivity index (χ3v) is 4.17. The summed E-state index contributed by atoms with van der Waals surface area (Å²) in [5.41, 5.74) is 3.70. The van der Waals surface area contributed by atoms with Gasteiger partial charge in [-0.2, -0.15) is 0 Å². The summed E-state index contributed by atoms with van der Waals surface area (Å²) < 4.78 is 11.9. The molecule has 3 rings (SSSR count). The molecule has 0 fully saturated rings. The van der Waals surface area contributed by atoms with Gasteiger partial charge in [-0.25, -0.2) is 0 Å². The van der Waals surface area contributed by atoms with E-state index in [2.05, 4.69) is 18.0 Å². The highest BCUT2D eigenvalue weighted by atomic mass is 16.5. The van der Waals surface area contributed by atoms with Gasteiger partial charge >= 0.3 is 0 Å². The first kappa shape index (κ1) is 15.4. The number of fused-ring (bicyclic) bond motifs is 1. The van der Waals surface area contributed by atoms with Gasteiger partial charge in [0.05, 0.1) is 12.2 Å². The molecule has 0 aliphatic carbocycles. The minimum Gasteiger partial charge on any atom is -0.490 e. The van der Waals surface area contributed by atoms with Gasteiger partial charge in [0, 0.05) is 12.6 Å². The largest absolute Gasteiger partial charge is 0.490 e. The Balaban J connectivity index is 1.69. The van der Waals surface area contributed by atoms with E-state index in [1.807, 2.05) is 44.2 Å². The summed E-state index contributed by atoms with van der Waals surface area (Å²) in [6, 6.07) is 11.8. The Hall–Kier alpha value is -2.49. The molecule has 0 bridgehead atoms. The second-order valence-electron chi connectivity index (χ2n) is 5.99. The minimum absolute atomic E-state index is 0.0266. The molecule has 0 spiro atoms. The van der Waals surface area contributed by atoms with Crippen LogP contribution >= 0.6 is 0 Å². The second kappa shape index (κ2) is 6.32. The molecule has 0 radical (unpaired) electrons. The number of ether oxygens (including phenoxy) is 2. The van der Waals surface area contributed by atoms with Gasteiger partial charge in [0.2, 0.25) is 0 Å². The number of hydrogen-bond acceptors (Lipinski definition) is 4. The number of benzene rings is 2. The Morgan fingerprint density at radius 2 is 1.96 bits per heavy atom. The van der Waals surface area contributed by atoms with Crippen molar-refractivity contribution >= 4 is 12.0 Å². The molecule has 2 aromatic carbocycles. The van der Waals surface area contributed by atoms with E-state index in [-0.39, 0.29) is 6.10 Å². The zero-order valence-electron chi connectivity index (χ0n) is 13.7. The molecule has 0 unspecified atom stereocenters. The van der Waals surface area contributed by atoms with Crippen LogP contribution in [0, 0.1) is 13.8 Å². The number of carbonyl (C=O) groups excluding carboxylic acids is 1. The summed E-state index contributed by atoms with van der Waals surface area (Å²) in [6.45, 7) is 5.09. The Kier molecular flexibility index (Phi) is 4.24. The van der Waals surface area contributed by atoms with Crippen molar-refractivity contribution < 1.29 is 14.3 Å². The Morgan fingerprint density at radius 3 is 2.65 bits per heavy atom. The van der Waals surface area contributed by atoms with Crippen LogP contribution in [0.2, 0.25) is 0 Å². The summed E-state index contributed by atoms with van der Waals surface area (Å²) in [4.78, 5) is 13.2. The van der Waals surface area contributed by atoms with Crippen LogP contribution < -0.4 is 14.4 Å². The topological polar surface area (TPSA) is 38.8 Å². The summed E-state index contributed by atoms with van der Waals surface area (Å²) >= 11 is 0. The number of likely N-dealkylation sites (N-methyl/N-ethyl adjacent to an activating group) is 1. The van der Waals surface area contributed by atoms with Crippen molar-refractivity contribution in [3.05, 3.63) is 53.1 Å². The first-order chi connectivity index (χ1) is 11.1. The van der Waals surface area contributed by atoms with Crippen molar-refractivity contribution in [2.24, 2.45) is 0 Å². The maximum absolute atomic E-state index is 11.1. The van der Waals surface area contributed by atoms with Crippen molar-refractivity contribution in [1.29, 1.82) is 0 Å². The molecule has 4 nitrogen and oxygen atoms in total. The van der Waals surface area contributed by atoms with E-state index in [1.54, 1.807) is 0 Å². The van der Waals surface area contributed by atoms with Gasteiger partial charge in [0.25, 0.3) is 0 Å². The molecular formula is C19H21NO3. The number of aldehydes is 1. The van der Waals surface area contributed by atoms with Crippen LogP contribution in [-0.2, 0) is 0 Å². The number of para-hydroxylation sites is 2. The zero-order chi connectivity index (χ0) is 16.4. The van der Waals surface area contributed by atoms with Crippen LogP contribution in [-0.4, -0.2) is 32.6 Å². The lowest BCUT2D eigenvalue weighted by molar-refractivity contribution is 0.112. The van der Waals surface area contributed by atoms with Crippen molar-refractivity contribution in [2.75, 3.05) is 25.1 Å². The summed E-state index contributed by atoms with van der Waals surface area (Å²) in [6.07, 6.45) is 0.867. The van der Waals surface area contributed by atoms with Crippen molar-refractivity contribution in [2.45, 2.75) is 20.0 Å². The van der Waals surface area contributed by atoms with Gasteiger partial charge in [-0.1, -0.05) is 12.1 Å². The maximum Gasteiger partial charge on any atom is 0.150 e. The van der Waals surface area contributed by atoms with E-state index >= 15 is 0 Å². The van der Waals surface area contributed by atoms with Crippen LogP contribution in [0.25, 0.3) is 0 Å². The van der Waals surface area contributed by atoms with Crippen LogP contribution in [0.4, 0.5) is 5.69 Å². The van der Waals surface area contributed by atoms with Crippen LogP contribution in [0.15, 0.2) is 36.4 Å². The molecule has 0 amide bonds. The predicted molar refractivity (Wildman–Crippen MR) is 90.9 cm³/mol. The summed E-state index contributed by atoms with van der Waals surface area (Å²) in [7, 11) is 2.06. The molecule has 120 valence electrons. The van der Waals surface area contributed by atoms with Gasteiger partial charge < -0.3 is 14.4 Å². The molecule has 2 aromatic rings. The Morgan fingerprint density at radius 1 is 1.26 bits per heavy atom. The minimum atomic E-state index is -0.0266. The highest BCUT2D eigenvalue weighted by molar-refractivity contribution is 5.80. The lowest BCUT2D eigenvalue weighted by Crippen LogP contribution is -2.41. The van der Waals surface area contributed by atoms with Crippen LogP contribution in [0.1, 0.15) is 21.5 Å². The lowest BCUT2D eigenvalue weighted by Gasteiger charge is -2.33. The Bertz CT molecular complexity index is 703. The van der Waals surface area contributed by atoms with Crippen LogP contribution in [0.3, 0.4) is 0 Å². The molecular weight excluding hydrogens is 290 g/mol. The van der Waals surface area contributed by atoms with E-state index in [0.29, 0.717) is 6.61 Å². The van der Waals surface area contributed by atoms with E-state index in [9.17, 15) is 4.79 Å². The maximum atomic E-state index is 11.1. The molecule has 1 aliphatic rings. The van der Waals surface area contributed by atoms with E-state index < -0.39 is 0 Å². The van der Waals surface area contributed by atoms with Gasteiger partial charge in [-0.15, -0.1) is 0 Å². The average Bonchev–Trinajstić information content (AvgIpc) is 2.53. The second-order valence-corrected chi connectivity index (χ2v) is 5.99. The third-order valence-electron chi connectivity index (χ3n) is 4.17. The smallest absolute Gasteiger partial charge is 0.150 e. The number of carbonyl (C=O) groups is 1. The van der Waals surface area contributed by atoms with Gasteiger partial charge in [-0.3, -0.25) is 4.79 Å². The van der Waals surface area contributed by atoms with Crippen molar-refractivity contribution in [1.82, 2.24) is 0 Å². The third kappa shape index (κ3) is 3.16. The standard InChI is InChI=1S/C19H21NO3/c1-13-8-15(9-14(2)17(13)11-21)22-12-16-10-20(3)18-6-4-5-7-19(18)23-16/h4-9,11,16H,10,12H2,1-3H3/t16-/m0/s1. The monoisotopic (exact) mass is 311 g/mol. The van der Waals surface area contributed by atoms with E-state index in [0.717, 1.165) is 46.7 Å². The lowest BCUT2D eigenvalue weighted by atomic mass is 10.0. The molecule has 0 saturated carbocycles. The van der Waals surface area contributed by atoms with Gasteiger partial charge in [-0.05, 0) is 49.2 Å². The molecule has 1 aliphatic heterocycles. The first-order valence-electron chi connectivity index (χ1n) is 7.74. The number of hydrogen-bond donors (Lipinski definition) is 0. The fourth-order valence-corrected chi connectivity index (χ4v) is 2.97. The molecule has 1 atom stereocenters. The highest BCUT2D eigenvalue weighted by Gasteiger charge is 2.23. The molecule has 4 heteroatoms. The Labute approximate surface area is 136 Å². The van der Waals surface area contributed by atoms with E-state index in [4.69, 9.17) is 9.47 Å². The summed E-state index contributed by atoms with van der Waals surface area (Å²) in [5.74, 6) is 1.66. The zero-order valence-corrected chi connectivity index (χ0v) is 13.7. The number of rotatable bonds is 4. The van der Waals surface area contributed by atoms with Crippen LogP contribution in [0.5, 0.6) is 11.5 Å². The quantitative estimate of drug-likeness (QED) is 0.811. The van der Waals surface area contributed by atoms with Crippen molar-refractivity contribution in [3.8, 4) is 11.5 Å². The SMILES string of the molecule is Cc1cc(OC[C@@H]2CN(C)c3ccccc3O2)cc(C)c1C=O. The van der Waals surface area contributed by atoms with E-state index in [1.165, 1.54) is 0 Å². The first-order valence-corrected chi connectivity index (χ1v) is 7.74. The molecule has 0 aromatic heterocycles. The van der Waals surface area contributed by atoms with Crippen molar-refractivity contribution in [3.63, 3.8) is 0 Å². The molecule has 1 heterocycles. The van der Waals surface area contributed by atoms with Gasteiger partial charge in [0.15, 0.2) is 6.29 Å². The number of aryl methyl sites for hydroxylation is 2. The number of nitrogens with zero attached hydrogens (tertiary/aromatic N) is 1. The summed E-state index contributed by atoms with van der Waals surface area (Å²) in [5, 5.41) is 0. The molecule has 0 N–H and O–H groups in total. The highest BCUT2D eigenvalue weighted by Crippen LogP contribution is 2.32. The molecule has 0 saturated heterocycles. The number of anilines is 1. The van der Waals surface area contributed by atoms with Gasteiger partial charge in [0.1, 0.15) is 24.2 Å². The fraction of sp³-hybridized carbons (Fsp3) is 0.316. The normalized spacial score (nSPS) is 16.5. The predicted octanol–water partition coefficient (Wildman–Crippen LogP) is 3.39. The average molecular weight is 311 g/mol. The molecule has 23 heavy (non-hydrogen) atoms. The fourth-order valence-electron chi connectivity index (χ4n) is 2.97.